The van der Waals surface area contributed by atoms with E-state index < -0.39 is 0 Å². The molecular formula is C21H22N4O2. The summed E-state index contributed by atoms with van der Waals surface area (Å²) in [5.41, 5.74) is 3.80. The largest absolute Gasteiger partial charge is 0.504 e. The van der Waals surface area contributed by atoms with Gasteiger partial charge >= 0.3 is 0 Å². The molecule has 6 heteroatoms. The van der Waals surface area contributed by atoms with Crippen LogP contribution in [0.5, 0.6) is 11.5 Å². The van der Waals surface area contributed by atoms with Crippen molar-refractivity contribution in [1.29, 1.82) is 0 Å². The van der Waals surface area contributed by atoms with E-state index >= 15 is 0 Å². The van der Waals surface area contributed by atoms with Crippen LogP contribution in [0.4, 0.5) is 5.82 Å². The van der Waals surface area contributed by atoms with Gasteiger partial charge in [0, 0.05) is 41.8 Å². The minimum atomic E-state index is 0.152. The molecule has 1 aromatic carbocycles. The van der Waals surface area contributed by atoms with E-state index in [0.29, 0.717) is 31.4 Å². The van der Waals surface area contributed by atoms with Crippen molar-refractivity contribution in [3.05, 3.63) is 60.3 Å². The molecule has 1 aliphatic heterocycles. The number of nitrogens with zero attached hydrogens (tertiary/aromatic N) is 4. The zero-order valence-electron chi connectivity index (χ0n) is 15.5. The topological polar surface area (TPSA) is 71.4 Å². The number of anilines is 1. The lowest BCUT2D eigenvalue weighted by Gasteiger charge is -2.21. The first kappa shape index (κ1) is 17.3. The van der Waals surface area contributed by atoms with Crippen LogP contribution < -0.4 is 9.64 Å². The predicted molar refractivity (Wildman–Crippen MR) is 104 cm³/mol. The van der Waals surface area contributed by atoms with Gasteiger partial charge in [-0.3, -0.25) is 4.98 Å². The first-order valence-electron chi connectivity index (χ1n) is 9.08. The molecule has 0 saturated heterocycles. The van der Waals surface area contributed by atoms with E-state index in [1.54, 1.807) is 24.8 Å². The molecule has 0 fully saturated rings. The quantitative estimate of drug-likeness (QED) is 0.765. The summed E-state index contributed by atoms with van der Waals surface area (Å²) in [6.45, 7) is 6.00. The van der Waals surface area contributed by atoms with Gasteiger partial charge in [0.25, 0.3) is 0 Å². The molecule has 0 amide bonds. The van der Waals surface area contributed by atoms with Gasteiger partial charge in [-0.1, -0.05) is 19.9 Å². The van der Waals surface area contributed by atoms with Crippen LogP contribution >= 0.6 is 0 Å². The molecule has 6 nitrogen and oxygen atoms in total. The zero-order chi connectivity index (χ0) is 18.8. The standard InChI is InChI=1S/C21H22N4O2/c1-14(2)18-10-20(24-13-23-18)25-6-7-27-21-17(12-25)8-16(9-19(21)26)15-4-3-5-22-11-15/h3-5,8-11,13-14,26H,6-7,12H2,1-2H3. The average molecular weight is 362 g/mol. The molecule has 3 aromatic rings. The normalized spacial score (nSPS) is 13.8. The summed E-state index contributed by atoms with van der Waals surface area (Å²) in [5, 5.41) is 10.5. The maximum atomic E-state index is 10.5. The molecule has 27 heavy (non-hydrogen) atoms. The van der Waals surface area contributed by atoms with E-state index in [-0.39, 0.29) is 5.75 Å². The molecule has 0 radical (unpaired) electrons. The highest BCUT2D eigenvalue weighted by Crippen LogP contribution is 2.38. The molecule has 0 saturated carbocycles. The number of hydrogen-bond donors (Lipinski definition) is 1. The van der Waals surface area contributed by atoms with Crippen molar-refractivity contribution in [2.75, 3.05) is 18.1 Å². The van der Waals surface area contributed by atoms with E-state index in [1.807, 2.05) is 18.2 Å². The second-order valence-corrected chi connectivity index (χ2v) is 6.95. The highest BCUT2D eigenvalue weighted by atomic mass is 16.5. The van der Waals surface area contributed by atoms with E-state index in [4.69, 9.17) is 4.74 Å². The fraction of sp³-hybridized carbons (Fsp3) is 0.286. The van der Waals surface area contributed by atoms with Crippen molar-refractivity contribution in [1.82, 2.24) is 15.0 Å². The van der Waals surface area contributed by atoms with E-state index in [2.05, 4.69) is 39.8 Å². The number of aromatic nitrogens is 3. The highest BCUT2D eigenvalue weighted by Gasteiger charge is 2.21. The van der Waals surface area contributed by atoms with Crippen molar-refractivity contribution < 1.29 is 9.84 Å². The van der Waals surface area contributed by atoms with Gasteiger partial charge in [-0.15, -0.1) is 0 Å². The van der Waals surface area contributed by atoms with Crippen LogP contribution in [-0.4, -0.2) is 33.2 Å². The summed E-state index contributed by atoms with van der Waals surface area (Å²) in [7, 11) is 0. The van der Waals surface area contributed by atoms with E-state index in [1.165, 1.54) is 0 Å². The van der Waals surface area contributed by atoms with Crippen LogP contribution in [-0.2, 0) is 6.54 Å². The molecule has 3 heterocycles. The Hall–Kier alpha value is -3.15. The van der Waals surface area contributed by atoms with Crippen molar-refractivity contribution in [3.8, 4) is 22.6 Å². The monoisotopic (exact) mass is 362 g/mol. The summed E-state index contributed by atoms with van der Waals surface area (Å²) >= 11 is 0. The fourth-order valence-electron chi connectivity index (χ4n) is 3.24. The highest BCUT2D eigenvalue weighted by molar-refractivity contribution is 5.68. The molecule has 138 valence electrons. The number of hydrogen-bond acceptors (Lipinski definition) is 6. The lowest BCUT2D eigenvalue weighted by molar-refractivity contribution is 0.311. The Bertz CT molecular complexity index is 944. The molecule has 0 unspecified atom stereocenters. The van der Waals surface area contributed by atoms with Gasteiger partial charge < -0.3 is 14.7 Å². The summed E-state index contributed by atoms with van der Waals surface area (Å²) in [6.07, 6.45) is 5.13. The van der Waals surface area contributed by atoms with Gasteiger partial charge in [0.05, 0.1) is 6.54 Å². The third-order valence-corrected chi connectivity index (χ3v) is 4.70. The smallest absolute Gasteiger partial charge is 0.166 e. The number of rotatable bonds is 3. The van der Waals surface area contributed by atoms with Crippen LogP contribution in [0.2, 0.25) is 0 Å². The molecule has 4 rings (SSSR count). The SMILES string of the molecule is CC(C)c1cc(N2CCOc3c(O)cc(-c4cccnc4)cc3C2)ncn1. The average Bonchev–Trinajstić information content (AvgIpc) is 2.91. The van der Waals surface area contributed by atoms with E-state index in [0.717, 1.165) is 28.2 Å². The Morgan fingerprint density at radius 3 is 2.81 bits per heavy atom. The number of ether oxygens (including phenoxy) is 1. The van der Waals surface area contributed by atoms with Crippen LogP contribution in [0, 0.1) is 0 Å². The van der Waals surface area contributed by atoms with Crippen LogP contribution in [0.25, 0.3) is 11.1 Å². The van der Waals surface area contributed by atoms with Crippen molar-refractivity contribution in [2.24, 2.45) is 0 Å². The molecule has 2 aromatic heterocycles. The van der Waals surface area contributed by atoms with Crippen molar-refractivity contribution >= 4 is 5.82 Å². The number of phenolic OH excluding ortho intramolecular Hbond substituents is 1. The summed E-state index contributed by atoms with van der Waals surface area (Å²) in [5.74, 6) is 1.90. The summed E-state index contributed by atoms with van der Waals surface area (Å²) in [4.78, 5) is 15.1. The maximum absolute atomic E-state index is 10.5. The van der Waals surface area contributed by atoms with Gasteiger partial charge in [0.15, 0.2) is 11.5 Å². The number of aromatic hydroxyl groups is 1. The molecule has 1 aliphatic rings. The van der Waals surface area contributed by atoms with Gasteiger partial charge in [-0.05, 0) is 29.7 Å². The first-order chi connectivity index (χ1) is 13.1. The number of phenols is 1. The van der Waals surface area contributed by atoms with Crippen LogP contribution in [0.3, 0.4) is 0 Å². The molecule has 0 aliphatic carbocycles. The third-order valence-electron chi connectivity index (χ3n) is 4.70. The summed E-state index contributed by atoms with van der Waals surface area (Å²) < 4.78 is 5.85. The number of fused-ring (bicyclic) bond motifs is 1. The first-order valence-corrected chi connectivity index (χ1v) is 9.08. The Labute approximate surface area is 158 Å². The van der Waals surface area contributed by atoms with Crippen LogP contribution in [0.15, 0.2) is 49.1 Å². The minimum absolute atomic E-state index is 0.152. The van der Waals surface area contributed by atoms with Crippen molar-refractivity contribution in [2.45, 2.75) is 26.3 Å². The maximum Gasteiger partial charge on any atom is 0.166 e. The van der Waals surface area contributed by atoms with Crippen LogP contribution in [0.1, 0.15) is 31.0 Å². The fourth-order valence-corrected chi connectivity index (χ4v) is 3.24. The molecule has 0 bridgehead atoms. The lowest BCUT2D eigenvalue weighted by atomic mass is 10.0. The van der Waals surface area contributed by atoms with Gasteiger partial charge in [0.2, 0.25) is 0 Å². The van der Waals surface area contributed by atoms with Gasteiger partial charge in [-0.2, -0.15) is 0 Å². The molecule has 0 spiro atoms. The Kier molecular flexibility index (Phi) is 4.62. The van der Waals surface area contributed by atoms with Gasteiger partial charge in [0.1, 0.15) is 18.8 Å². The second kappa shape index (κ2) is 7.23. The summed E-state index contributed by atoms with van der Waals surface area (Å²) in [6, 6.07) is 9.67. The Morgan fingerprint density at radius 2 is 2.04 bits per heavy atom. The number of benzene rings is 1. The zero-order valence-corrected chi connectivity index (χ0v) is 15.5. The number of pyridine rings is 1. The Morgan fingerprint density at radius 1 is 1.15 bits per heavy atom. The molecule has 1 N–H and O–H groups in total. The van der Waals surface area contributed by atoms with Crippen molar-refractivity contribution in [3.63, 3.8) is 0 Å². The van der Waals surface area contributed by atoms with E-state index in [9.17, 15) is 5.11 Å². The second-order valence-electron chi connectivity index (χ2n) is 6.95. The molecular weight excluding hydrogens is 340 g/mol. The minimum Gasteiger partial charge on any atom is -0.504 e. The Balaban J connectivity index is 1.71. The van der Waals surface area contributed by atoms with Gasteiger partial charge in [-0.25, -0.2) is 9.97 Å². The third kappa shape index (κ3) is 3.56. The predicted octanol–water partition coefficient (Wildman–Crippen LogP) is 3.77. The molecule has 0 atom stereocenters. The lowest BCUT2D eigenvalue weighted by Crippen LogP contribution is -2.26.